The molecule has 0 radical (unpaired) electrons. The van der Waals surface area contributed by atoms with Crippen LogP contribution in [0.5, 0.6) is 0 Å². The van der Waals surface area contributed by atoms with Gasteiger partial charge in [0.05, 0.1) is 5.52 Å². The molecule has 0 N–H and O–H groups in total. The number of nitrogens with zero attached hydrogens (tertiary/aromatic N) is 5. The van der Waals surface area contributed by atoms with E-state index in [9.17, 15) is 0 Å². The summed E-state index contributed by atoms with van der Waals surface area (Å²) in [6.45, 7) is 4.65. The topological polar surface area (TPSA) is 56.5 Å². The lowest BCUT2D eigenvalue weighted by Gasteiger charge is -2.23. The first-order valence-electron chi connectivity index (χ1n) is 17.9. The summed E-state index contributed by atoms with van der Waals surface area (Å²) in [6, 6.07) is 51.6. The Balaban J connectivity index is 1.07. The lowest BCUT2D eigenvalue weighted by Crippen LogP contribution is -2.15. The Kier molecular flexibility index (Phi) is 6.40. The van der Waals surface area contributed by atoms with Crippen molar-refractivity contribution >= 4 is 53.4 Å². The van der Waals surface area contributed by atoms with Crippen molar-refractivity contribution in [1.82, 2.24) is 24.5 Å². The molecule has 0 atom stereocenters. The van der Waals surface area contributed by atoms with E-state index in [2.05, 4.69) is 140 Å². The Morgan fingerprint density at radius 1 is 0.509 bits per heavy atom. The SMILES string of the molecule is CC1(C)c2cc(-c3nc(-c4ccccc4)nc(-c4cccc5sc6ccccc6c45)n3)ccc2-c2ccc(-n3c4ccccc4c4cccnc43)cc21. The van der Waals surface area contributed by atoms with E-state index in [0.29, 0.717) is 17.5 Å². The monoisotopic (exact) mass is 697 g/mol. The molecule has 0 spiro atoms. The molecular weight excluding hydrogens is 667 g/mol. The van der Waals surface area contributed by atoms with Gasteiger partial charge in [0.2, 0.25) is 0 Å². The Morgan fingerprint density at radius 3 is 2.06 bits per heavy atom. The van der Waals surface area contributed by atoms with Gasteiger partial charge in [0.1, 0.15) is 5.65 Å². The third kappa shape index (κ3) is 4.49. The van der Waals surface area contributed by atoms with Gasteiger partial charge >= 0.3 is 0 Å². The third-order valence-corrected chi connectivity index (χ3v) is 12.1. The molecule has 4 heterocycles. The number of rotatable bonds is 4. The number of fused-ring (bicyclic) bond motifs is 9. The van der Waals surface area contributed by atoms with Crippen molar-refractivity contribution in [2.45, 2.75) is 19.3 Å². The summed E-state index contributed by atoms with van der Waals surface area (Å²) in [5.74, 6) is 2.00. The normalized spacial score (nSPS) is 13.2. The number of benzene rings is 6. The third-order valence-electron chi connectivity index (χ3n) is 10.9. The quantitative estimate of drug-likeness (QED) is 0.184. The minimum Gasteiger partial charge on any atom is -0.294 e. The van der Waals surface area contributed by atoms with E-state index < -0.39 is 0 Å². The summed E-state index contributed by atoms with van der Waals surface area (Å²) >= 11 is 1.80. The molecule has 0 saturated carbocycles. The zero-order chi connectivity index (χ0) is 35.3. The zero-order valence-corrected chi connectivity index (χ0v) is 29.9. The van der Waals surface area contributed by atoms with Crippen LogP contribution in [-0.2, 0) is 5.41 Å². The number of hydrogen-bond donors (Lipinski definition) is 0. The lowest BCUT2D eigenvalue weighted by molar-refractivity contribution is 0.660. The van der Waals surface area contributed by atoms with Crippen molar-refractivity contribution in [2.75, 3.05) is 0 Å². The molecule has 6 heteroatoms. The molecule has 250 valence electrons. The van der Waals surface area contributed by atoms with Crippen LogP contribution in [0.1, 0.15) is 25.0 Å². The zero-order valence-electron chi connectivity index (χ0n) is 29.1. The van der Waals surface area contributed by atoms with Gasteiger partial charge in [-0.2, -0.15) is 0 Å². The maximum absolute atomic E-state index is 5.24. The second kappa shape index (κ2) is 11.2. The van der Waals surface area contributed by atoms with Crippen molar-refractivity contribution in [2.24, 2.45) is 0 Å². The van der Waals surface area contributed by atoms with Crippen LogP contribution in [0.15, 0.2) is 152 Å². The molecule has 4 aromatic heterocycles. The van der Waals surface area contributed by atoms with Gasteiger partial charge in [0, 0.05) is 64.9 Å². The number of aromatic nitrogens is 5. The average molecular weight is 698 g/mol. The predicted molar refractivity (Wildman–Crippen MR) is 219 cm³/mol. The Morgan fingerprint density at radius 2 is 1.19 bits per heavy atom. The number of pyridine rings is 1. The largest absolute Gasteiger partial charge is 0.294 e. The molecule has 11 rings (SSSR count). The van der Waals surface area contributed by atoms with Crippen molar-refractivity contribution in [3.63, 3.8) is 0 Å². The molecule has 0 fully saturated rings. The maximum atomic E-state index is 5.24. The van der Waals surface area contributed by atoms with E-state index in [1.54, 1.807) is 11.3 Å². The van der Waals surface area contributed by atoms with Crippen LogP contribution in [0.2, 0.25) is 0 Å². The van der Waals surface area contributed by atoms with Crippen LogP contribution in [0.3, 0.4) is 0 Å². The first kappa shape index (κ1) is 30.2. The van der Waals surface area contributed by atoms with E-state index in [4.69, 9.17) is 19.9 Å². The Bertz CT molecular complexity index is 3050. The summed E-state index contributed by atoms with van der Waals surface area (Å²) < 4.78 is 4.77. The number of para-hydroxylation sites is 1. The van der Waals surface area contributed by atoms with Gasteiger partial charge in [-0.15, -0.1) is 11.3 Å². The minimum atomic E-state index is -0.262. The summed E-state index contributed by atoms with van der Waals surface area (Å²) in [7, 11) is 0. The highest BCUT2D eigenvalue weighted by molar-refractivity contribution is 7.25. The van der Waals surface area contributed by atoms with Gasteiger partial charge in [0.25, 0.3) is 0 Å². The molecule has 53 heavy (non-hydrogen) atoms. The molecular formula is C47H31N5S. The fourth-order valence-electron chi connectivity index (χ4n) is 8.36. The minimum absolute atomic E-state index is 0.262. The maximum Gasteiger partial charge on any atom is 0.164 e. The van der Waals surface area contributed by atoms with Crippen LogP contribution in [0.4, 0.5) is 0 Å². The van der Waals surface area contributed by atoms with Crippen LogP contribution < -0.4 is 0 Å². The lowest BCUT2D eigenvalue weighted by atomic mass is 9.82. The molecule has 6 aromatic carbocycles. The van der Waals surface area contributed by atoms with Crippen LogP contribution in [-0.4, -0.2) is 24.5 Å². The molecule has 0 amide bonds. The van der Waals surface area contributed by atoms with E-state index in [-0.39, 0.29) is 5.41 Å². The van der Waals surface area contributed by atoms with Gasteiger partial charge < -0.3 is 0 Å². The van der Waals surface area contributed by atoms with Crippen molar-refractivity contribution in [3.05, 3.63) is 163 Å². The molecule has 1 aliphatic carbocycles. The van der Waals surface area contributed by atoms with Crippen molar-refractivity contribution in [1.29, 1.82) is 0 Å². The predicted octanol–water partition coefficient (Wildman–Crippen LogP) is 12.0. The second-order valence-electron chi connectivity index (χ2n) is 14.3. The average Bonchev–Trinajstić information content (AvgIpc) is 3.83. The van der Waals surface area contributed by atoms with Gasteiger partial charge in [0.15, 0.2) is 17.5 Å². The highest BCUT2D eigenvalue weighted by Gasteiger charge is 2.36. The highest BCUT2D eigenvalue weighted by atomic mass is 32.1. The van der Waals surface area contributed by atoms with E-state index in [1.165, 1.54) is 47.8 Å². The Hall–Kier alpha value is -6.50. The van der Waals surface area contributed by atoms with E-state index in [1.807, 2.05) is 30.5 Å². The standard InChI is InChI=1S/C47H31N5S/c1-47(2)37-26-29(21-23-31(37)32-24-22-30(27-38(32)47)52-39-18-8-6-14-33(39)34-17-11-25-48-46(34)52)44-49-43(28-12-4-3-5-13-28)50-45(51-44)36-16-10-20-41-42(36)35-15-7-9-19-40(35)53-41/h3-27H,1-2H3. The fourth-order valence-corrected chi connectivity index (χ4v) is 9.50. The van der Waals surface area contributed by atoms with Crippen LogP contribution in [0.25, 0.3) is 93.1 Å². The molecule has 1 aliphatic rings. The number of hydrogen-bond acceptors (Lipinski definition) is 5. The highest BCUT2D eigenvalue weighted by Crippen LogP contribution is 2.50. The van der Waals surface area contributed by atoms with E-state index >= 15 is 0 Å². The molecule has 10 aromatic rings. The smallest absolute Gasteiger partial charge is 0.164 e. The number of thiophene rings is 1. The van der Waals surface area contributed by atoms with Gasteiger partial charge in [-0.05, 0) is 70.8 Å². The summed E-state index contributed by atoms with van der Waals surface area (Å²) in [5.41, 5.74) is 11.0. The van der Waals surface area contributed by atoms with Crippen LogP contribution in [0, 0.1) is 0 Å². The fraction of sp³-hybridized carbons (Fsp3) is 0.0638. The first-order chi connectivity index (χ1) is 26.0. The Labute approximate surface area is 309 Å². The summed E-state index contributed by atoms with van der Waals surface area (Å²) in [4.78, 5) is 20.3. The molecule has 0 unspecified atom stereocenters. The first-order valence-corrected chi connectivity index (χ1v) is 18.7. The van der Waals surface area contributed by atoms with Crippen LogP contribution >= 0.6 is 11.3 Å². The van der Waals surface area contributed by atoms with Gasteiger partial charge in [-0.3, -0.25) is 4.57 Å². The van der Waals surface area contributed by atoms with Gasteiger partial charge in [-0.25, -0.2) is 19.9 Å². The molecule has 0 saturated heterocycles. The molecule has 0 bridgehead atoms. The van der Waals surface area contributed by atoms with Gasteiger partial charge in [-0.1, -0.05) is 111 Å². The summed E-state index contributed by atoms with van der Waals surface area (Å²) in [6.07, 6.45) is 1.88. The second-order valence-corrected chi connectivity index (χ2v) is 15.4. The van der Waals surface area contributed by atoms with Crippen molar-refractivity contribution in [3.8, 4) is 51.0 Å². The molecule has 5 nitrogen and oxygen atoms in total. The molecule has 0 aliphatic heterocycles. The summed E-state index contributed by atoms with van der Waals surface area (Å²) in [5, 5.41) is 4.77. The van der Waals surface area contributed by atoms with E-state index in [0.717, 1.165) is 38.9 Å². The van der Waals surface area contributed by atoms with Crippen molar-refractivity contribution < 1.29 is 0 Å².